The summed E-state index contributed by atoms with van der Waals surface area (Å²) in [6, 6.07) is 15.6. The molecule has 0 aromatic heterocycles. The van der Waals surface area contributed by atoms with Crippen LogP contribution in [0, 0.1) is 5.92 Å². The average molecular weight is 417 g/mol. The van der Waals surface area contributed by atoms with Crippen molar-refractivity contribution >= 4 is 15.9 Å². The van der Waals surface area contributed by atoms with E-state index in [1.54, 1.807) is 21.0 Å². The van der Waals surface area contributed by atoms with Crippen molar-refractivity contribution in [1.29, 1.82) is 0 Å². The zero-order valence-electron chi connectivity index (χ0n) is 17.1. The summed E-state index contributed by atoms with van der Waals surface area (Å²) in [6.07, 6.45) is 0.449. The maximum Gasteiger partial charge on any atom is 0.224 e. The number of hydrogen-bond acceptors (Lipinski definition) is 4. The second kappa shape index (κ2) is 8.97. The maximum absolute atomic E-state index is 12.7. The number of benzene rings is 2. The molecular weight excluding hydrogens is 388 g/mol. The second-order valence-corrected chi connectivity index (χ2v) is 9.99. The van der Waals surface area contributed by atoms with Crippen molar-refractivity contribution in [3.05, 3.63) is 54.1 Å². The molecule has 156 valence electrons. The van der Waals surface area contributed by atoms with Gasteiger partial charge in [-0.2, -0.15) is 4.31 Å². The Kier molecular flexibility index (Phi) is 6.59. The Balaban J connectivity index is 1.93. The van der Waals surface area contributed by atoms with E-state index in [-0.39, 0.29) is 12.5 Å². The largest absolute Gasteiger partial charge is 0.496 e. The number of para-hydroxylation sites is 1. The molecule has 1 N–H and O–H groups in total. The van der Waals surface area contributed by atoms with Gasteiger partial charge in [-0.15, -0.1) is 0 Å². The van der Waals surface area contributed by atoms with E-state index in [9.17, 15) is 13.2 Å². The Labute approximate surface area is 172 Å². The van der Waals surface area contributed by atoms with Crippen molar-refractivity contribution in [2.75, 3.05) is 26.7 Å². The summed E-state index contributed by atoms with van der Waals surface area (Å²) in [5.74, 6) is 0.192. The summed E-state index contributed by atoms with van der Waals surface area (Å²) in [5, 5.41) is 2.35. The van der Waals surface area contributed by atoms with Crippen LogP contribution < -0.4 is 10.1 Å². The molecule has 1 aliphatic rings. The summed E-state index contributed by atoms with van der Waals surface area (Å²) in [7, 11) is -1.79. The number of methoxy groups -OCH3 is 1. The van der Waals surface area contributed by atoms with Crippen LogP contribution in [0.4, 0.5) is 0 Å². The quantitative estimate of drug-likeness (QED) is 0.786. The zero-order valence-corrected chi connectivity index (χ0v) is 17.9. The third-order valence-corrected chi connectivity index (χ3v) is 7.53. The minimum Gasteiger partial charge on any atom is -0.496 e. The molecular formula is C22H28N2O4S. The third kappa shape index (κ3) is 4.62. The molecule has 29 heavy (non-hydrogen) atoms. The van der Waals surface area contributed by atoms with Crippen LogP contribution in [-0.2, 0) is 21.2 Å². The summed E-state index contributed by atoms with van der Waals surface area (Å²) >= 11 is 0. The minimum atomic E-state index is -3.42. The highest BCUT2D eigenvalue weighted by atomic mass is 32.2. The number of nitrogens with zero attached hydrogens (tertiary/aromatic N) is 1. The SMILES string of the molecule is COc1ccccc1-c1ccccc1CC1CN(S(=O)(=O)C(C)C)CCNC1=O. The predicted molar refractivity (Wildman–Crippen MR) is 114 cm³/mol. The van der Waals surface area contributed by atoms with Gasteiger partial charge in [0.1, 0.15) is 5.75 Å². The zero-order chi connectivity index (χ0) is 21.0. The molecule has 2 aromatic rings. The molecule has 3 rings (SSSR count). The molecule has 2 aromatic carbocycles. The molecule has 1 fully saturated rings. The molecule has 1 heterocycles. The summed E-state index contributed by atoms with van der Waals surface area (Å²) in [4.78, 5) is 12.7. The first-order chi connectivity index (χ1) is 13.8. The number of carbonyl (C=O) groups is 1. The molecule has 0 bridgehead atoms. The Hall–Kier alpha value is -2.38. The molecule has 1 atom stereocenters. The van der Waals surface area contributed by atoms with Gasteiger partial charge in [0.2, 0.25) is 15.9 Å². The van der Waals surface area contributed by atoms with Crippen LogP contribution in [0.3, 0.4) is 0 Å². The van der Waals surface area contributed by atoms with Crippen molar-refractivity contribution < 1.29 is 17.9 Å². The Bertz CT molecular complexity index is 972. The van der Waals surface area contributed by atoms with Crippen molar-refractivity contribution in [3.63, 3.8) is 0 Å². The molecule has 1 saturated heterocycles. The number of carbonyl (C=O) groups excluding carboxylic acids is 1. The Morgan fingerprint density at radius 2 is 1.76 bits per heavy atom. The number of nitrogens with one attached hydrogen (secondary N) is 1. The highest BCUT2D eigenvalue weighted by Gasteiger charge is 2.33. The van der Waals surface area contributed by atoms with Gasteiger partial charge in [0, 0.05) is 25.2 Å². The van der Waals surface area contributed by atoms with E-state index >= 15 is 0 Å². The third-order valence-electron chi connectivity index (χ3n) is 5.29. The number of ether oxygens (including phenoxy) is 1. The topological polar surface area (TPSA) is 75.7 Å². The fourth-order valence-electron chi connectivity index (χ4n) is 3.65. The average Bonchev–Trinajstić information content (AvgIpc) is 2.90. The van der Waals surface area contributed by atoms with Gasteiger partial charge in [0.15, 0.2) is 0 Å². The van der Waals surface area contributed by atoms with Gasteiger partial charge in [0.25, 0.3) is 0 Å². The lowest BCUT2D eigenvalue weighted by atomic mass is 9.91. The van der Waals surface area contributed by atoms with E-state index in [1.165, 1.54) is 4.31 Å². The van der Waals surface area contributed by atoms with Crippen LogP contribution in [0.1, 0.15) is 19.4 Å². The first-order valence-corrected chi connectivity index (χ1v) is 11.3. The van der Waals surface area contributed by atoms with Crippen molar-refractivity contribution in [2.24, 2.45) is 5.92 Å². The molecule has 0 radical (unpaired) electrons. The second-order valence-electron chi connectivity index (χ2n) is 7.50. The van der Waals surface area contributed by atoms with Crippen LogP contribution in [0.25, 0.3) is 11.1 Å². The molecule has 7 heteroatoms. The lowest BCUT2D eigenvalue weighted by Crippen LogP contribution is -2.40. The first-order valence-electron chi connectivity index (χ1n) is 9.82. The first kappa shape index (κ1) is 21.3. The fourth-order valence-corrected chi connectivity index (χ4v) is 4.98. The maximum atomic E-state index is 12.7. The van der Waals surface area contributed by atoms with E-state index in [2.05, 4.69) is 5.32 Å². The molecule has 0 spiro atoms. The number of sulfonamides is 1. The van der Waals surface area contributed by atoms with Crippen molar-refractivity contribution in [2.45, 2.75) is 25.5 Å². The molecule has 1 aliphatic heterocycles. The highest BCUT2D eigenvalue weighted by Crippen LogP contribution is 2.33. The summed E-state index contributed by atoms with van der Waals surface area (Å²) in [5.41, 5.74) is 2.92. The van der Waals surface area contributed by atoms with E-state index in [0.717, 1.165) is 22.4 Å². The lowest BCUT2D eigenvalue weighted by Gasteiger charge is -2.25. The van der Waals surface area contributed by atoms with Crippen LogP contribution >= 0.6 is 0 Å². The minimum absolute atomic E-state index is 0.110. The number of hydrogen-bond donors (Lipinski definition) is 1. The van der Waals surface area contributed by atoms with Gasteiger partial charge in [-0.1, -0.05) is 42.5 Å². The van der Waals surface area contributed by atoms with Crippen LogP contribution in [0.2, 0.25) is 0 Å². The van der Waals surface area contributed by atoms with Gasteiger partial charge in [-0.3, -0.25) is 4.79 Å². The lowest BCUT2D eigenvalue weighted by molar-refractivity contribution is -0.124. The number of amides is 1. The van der Waals surface area contributed by atoms with Crippen molar-refractivity contribution in [3.8, 4) is 16.9 Å². The van der Waals surface area contributed by atoms with Gasteiger partial charge in [-0.05, 0) is 37.5 Å². The van der Waals surface area contributed by atoms with Gasteiger partial charge in [0.05, 0.1) is 18.3 Å². The van der Waals surface area contributed by atoms with E-state index < -0.39 is 21.2 Å². The summed E-state index contributed by atoms with van der Waals surface area (Å²) in [6.45, 7) is 4.15. The standard InChI is InChI=1S/C22H28N2O4S/c1-16(2)29(26,27)24-13-12-23-22(25)18(15-24)14-17-8-4-5-9-19(17)20-10-6-7-11-21(20)28-3/h4-11,16,18H,12-15H2,1-3H3,(H,23,25). The van der Waals surface area contributed by atoms with E-state index in [4.69, 9.17) is 4.74 Å². The Morgan fingerprint density at radius 1 is 1.10 bits per heavy atom. The smallest absolute Gasteiger partial charge is 0.224 e. The van der Waals surface area contributed by atoms with Gasteiger partial charge < -0.3 is 10.1 Å². The normalized spacial score (nSPS) is 18.3. The van der Waals surface area contributed by atoms with Crippen molar-refractivity contribution in [1.82, 2.24) is 9.62 Å². The fraction of sp³-hybridized carbons (Fsp3) is 0.409. The van der Waals surface area contributed by atoms with Gasteiger partial charge >= 0.3 is 0 Å². The van der Waals surface area contributed by atoms with E-state index in [1.807, 2.05) is 48.5 Å². The summed E-state index contributed by atoms with van der Waals surface area (Å²) < 4.78 is 32.3. The van der Waals surface area contributed by atoms with Crippen LogP contribution in [0.15, 0.2) is 48.5 Å². The molecule has 6 nitrogen and oxygen atoms in total. The highest BCUT2D eigenvalue weighted by molar-refractivity contribution is 7.89. The van der Waals surface area contributed by atoms with E-state index in [0.29, 0.717) is 19.5 Å². The van der Waals surface area contributed by atoms with Gasteiger partial charge in [-0.25, -0.2) is 8.42 Å². The molecule has 1 unspecified atom stereocenters. The monoisotopic (exact) mass is 416 g/mol. The molecule has 0 saturated carbocycles. The predicted octanol–water partition coefficient (Wildman–Crippen LogP) is 2.69. The van der Waals surface area contributed by atoms with Crippen LogP contribution in [-0.4, -0.2) is 50.6 Å². The molecule has 1 amide bonds. The molecule has 0 aliphatic carbocycles. The van der Waals surface area contributed by atoms with Crippen LogP contribution in [0.5, 0.6) is 5.75 Å². The number of rotatable bonds is 6. The Morgan fingerprint density at radius 3 is 2.45 bits per heavy atom.